The molecule has 1 heterocycles. The van der Waals surface area contributed by atoms with Gasteiger partial charge in [0.1, 0.15) is 0 Å². The third-order valence-corrected chi connectivity index (χ3v) is 5.19. The molecule has 2 unspecified atom stereocenters. The van der Waals surface area contributed by atoms with Crippen molar-refractivity contribution in [3.05, 3.63) is 0 Å². The Morgan fingerprint density at radius 3 is 3.00 bits per heavy atom. The highest BCUT2D eigenvalue weighted by molar-refractivity contribution is 8.06. The number of rotatable bonds is 5. The summed E-state index contributed by atoms with van der Waals surface area (Å²) in [6.45, 7) is 3.40. The fourth-order valence-corrected chi connectivity index (χ4v) is 3.97. The van der Waals surface area contributed by atoms with E-state index in [1.54, 1.807) is 0 Å². The molecule has 0 aromatic rings. The zero-order chi connectivity index (χ0) is 11.1. The molecule has 88 valence electrons. The van der Waals surface area contributed by atoms with Crippen molar-refractivity contribution in [2.75, 3.05) is 30.3 Å². The van der Waals surface area contributed by atoms with Gasteiger partial charge < -0.3 is 11.1 Å². The van der Waals surface area contributed by atoms with Gasteiger partial charge in [0.25, 0.3) is 0 Å². The molecule has 1 fully saturated rings. The maximum absolute atomic E-state index is 11.5. The monoisotopic (exact) mass is 248 g/mol. The number of hydrogen-bond acceptors (Lipinski definition) is 4. The summed E-state index contributed by atoms with van der Waals surface area (Å²) in [5.41, 5.74) is 5.47. The molecule has 0 saturated carbocycles. The van der Waals surface area contributed by atoms with Crippen LogP contribution >= 0.6 is 23.5 Å². The molecule has 1 rings (SSSR count). The standard InChI is InChI=1S/C10H20N2OS2/c1-8(5-11)4-10(13)12-6-9-7-14-2-3-15-9/h8-9H,2-7,11H2,1H3,(H,12,13). The van der Waals surface area contributed by atoms with E-state index in [9.17, 15) is 4.79 Å². The fraction of sp³-hybridized carbons (Fsp3) is 0.900. The topological polar surface area (TPSA) is 55.1 Å². The van der Waals surface area contributed by atoms with Crippen LogP contribution in [0.4, 0.5) is 0 Å². The van der Waals surface area contributed by atoms with E-state index in [-0.39, 0.29) is 5.91 Å². The molecule has 0 spiro atoms. The zero-order valence-corrected chi connectivity index (χ0v) is 10.8. The Bertz CT molecular complexity index is 196. The van der Waals surface area contributed by atoms with Crippen molar-refractivity contribution in [2.24, 2.45) is 11.7 Å². The van der Waals surface area contributed by atoms with Crippen LogP contribution < -0.4 is 11.1 Å². The van der Waals surface area contributed by atoms with Crippen LogP contribution in [0.5, 0.6) is 0 Å². The van der Waals surface area contributed by atoms with Gasteiger partial charge in [-0.1, -0.05) is 6.92 Å². The molecule has 1 saturated heterocycles. The molecule has 3 N–H and O–H groups in total. The molecule has 0 aliphatic carbocycles. The van der Waals surface area contributed by atoms with Crippen LogP contribution in [-0.4, -0.2) is 41.5 Å². The van der Waals surface area contributed by atoms with E-state index in [0.29, 0.717) is 24.1 Å². The summed E-state index contributed by atoms with van der Waals surface area (Å²) in [4.78, 5) is 11.5. The third-order valence-electron chi connectivity index (χ3n) is 2.35. The van der Waals surface area contributed by atoms with Crippen molar-refractivity contribution in [2.45, 2.75) is 18.6 Å². The number of nitrogens with two attached hydrogens (primary N) is 1. The second kappa shape index (κ2) is 7.41. The lowest BCUT2D eigenvalue weighted by Gasteiger charge is -2.21. The minimum Gasteiger partial charge on any atom is -0.355 e. The third kappa shape index (κ3) is 5.68. The number of thioether (sulfide) groups is 2. The number of carbonyl (C=O) groups is 1. The predicted octanol–water partition coefficient (Wildman–Crippen LogP) is 0.936. The summed E-state index contributed by atoms with van der Waals surface area (Å²) in [6.07, 6.45) is 0.557. The molecule has 2 atom stereocenters. The Kier molecular flexibility index (Phi) is 6.52. The number of hydrogen-bond donors (Lipinski definition) is 2. The lowest BCUT2D eigenvalue weighted by Crippen LogP contribution is -2.34. The smallest absolute Gasteiger partial charge is 0.220 e. The predicted molar refractivity (Wildman–Crippen MR) is 69.4 cm³/mol. The van der Waals surface area contributed by atoms with Crippen molar-refractivity contribution in [3.63, 3.8) is 0 Å². The highest BCUT2D eigenvalue weighted by atomic mass is 32.2. The summed E-state index contributed by atoms with van der Waals surface area (Å²) in [5.74, 6) is 4.06. The van der Waals surface area contributed by atoms with Gasteiger partial charge in [-0.3, -0.25) is 4.79 Å². The summed E-state index contributed by atoms with van der Waals surface area (Å²) in [6, 6.07) is 0. The molecule has 1 amide bonds. The highest BCUT2D eigenvalue weighted by Crippen LogP contribution is 2.23. The molecular formula is C10H20N2OS2. The SMILES string of the molecule is CC(CN)CC(=O)NCC1CSCCS1. The van der Waals surface area contributed by atoms with Gasteiger partial charge in [0.2, 0.25) is 5.91 Å². The summed E-state index contributed by atoms with van der Waals surface area (Å²) < 4.78 is 0. The van der Waals surface area contributed by atoms with E-state index in [0.717, 1.165) is 12.3 Å². The Morgan fingerprint density at radius 2 is 2.40 bits per heavy atom. The van der Waals surface area contributed by atoms with Crippen LogP contribution in [0, 0.1) is 5.92 Å². The first-order valence-corrected chi connectivity index (χ1v) is 7.59. The van der Waals surface area contributed by atoms with E-state index in [4.69, 9.17) is 5.73 Å². The van der Waals surface area contributed by atoms with Crippen molar-refractivity contribution in [3.8, 4) is 0 Å². The van der Waals surface area contributed by atoms with Crippen molar-refractivity contribution in [1.82, 2.24) is 5.32 Å². The van der Waals surface area contributed by atoms with E-state index in [1.165, 1.54) is 11.5 Å². The van der Waals surface area contributed by atoms with E-state index in [1.807, 2.05) is 30.4 Å². The minimum absolute atomic E-state index is 0.143. The lowest BCUT2D eigenvalue weighted by molar-refractivity contribution is -0.121. The molecule has 0 aromatic carbocycles. The number of nitrogens with one attached hydrogen (secondary N) is 1. The van der Waals surface area contributed by atoms with Crippen LogP contribution in [-0.2, 0) is 4.79 Å². The lowest BCUT2D eigenvalue weighted by atomic mass is 10.1. The largest absolute Gasteiger partial charge is 0.355 e. The van der Waals surface area contributed by atoms with E-state index in [2.05, 4.69) is 5.32 Å². The second-order valence-electron chi connectivity index (χ2n) is 3.92. The maximum atomic E-state index is 11.5. The first kappa shape index (κ1) is 13.2. The van der Waals surface area contributed by atoms with Crippen LogP contribution in [0.2, 0.25) is 0 Å². The second-order valence-corrected chi connectivity index (χ2v) is 6.47. The average molecular weight is 248 g/mol. The van der Waals surface area contributed by atoms with E-state index < -0.39 is 0 Å². The molecule has 1 aliphatic heterocycles. The van der Waals surface area contributed by atoms with Crippen molar-refractivity contribution < 1.29 is 4.79 Å². The normalized spacial score (nSPS) is 23.5. The summed E-state index contributed by atoms with van der Waals surface area (Å²) in [7, 11) is 0. The van der Waals surface area contributed by atoms with Gasteiger partial charge in [-0.15, -0.1) is 0 Å². The van der Waals surface area contributed by atoms with Gasteiger partial charge in [0, 0.05) is 35.5 Å². The molecular weight excluding hydrogens is 228 g/mol. The zero-order valence-electron chi connectivity index (χ0n) is 9.20. The Balaban J connectivity index is 2.10. The van der Waals surface area contributed by atoms with Gasteiger partial charge >= 0.3 is 0 Å². The molecule has 3 nitrogen and oxygen atoms in total. The van der Waals surface area contributed by atoms with E-state index >= 15 is 0 Å². The molecule has 15 heavy (non-hydrogen) atoms. The Labute approximate surface area is 100 Å². The average Bonchev–Trinajstić information content (AvgIpc) is 2.27. The molecule has 1 aliphatic rings. The molecule has 0 radical (unpaired) electrons. The number of carbonyl (C=O) groups excluding carboxylic acids is 1. The first-order chi connectivity index (χ1) is 7.22. The Hall–Kier alpha value is 0.130. The first-order valence-electron chi connectivity index (χ1n) is 5.38. The summed E-state index contributed by atoms with van der Waals surface area (Å²) in [5, 5.41) is 3.59. The van der Waals surface area contributed by atoms with Gasteiger partial charge in [-0.25, -0.2) is 0 Å². The maximum Gasteiger partial charge on any atom is 0.220 e. The molecule has 5 heteroatoms. The highest BCUT2D eigenvalue weighted by Gasteiger charge is 2.15. The van der Waals surface area contributed by atoms with Gasteiger partial charge in [-0.05, 0) is 12.5 Å². The molecule has 0 bridgehead atoms. The number of amides is 1. The quantitative estimate of drug-likeness (QED) is 0.760. The Morgan fingerprint density at radius 1 is 1.60 bits per heavy atom. The van der Waals surface area contributed by atoms with Crippen LogP contribution in [0.1, 0.15) is 13.3 Å². The van der Waals surface area contributed by atoms with Crippen LogP contribution in [0.3, 0.4) is 0 Å². The summed E-state index contributed by atoms with van der Waals surface area (Å²) >= 11 is 3.95. The van der Waals surface area contributed by atoms with Crippen LogP contribution in [0.15, 0.2) is 0 Å². The fourth-order valence-electron chi connectivity index (χ4n) is 1.35. The molecule has 0 aromatic heterocycles. The van der Waals surface area contributed by atoms with Gasteiger partial charge in [-0.2, -0.15) is 23.5 Å². The van der Waals surface area contributed by atoms with Gasteiger partial charge in [0.15, 0.2) is 0 Å². The van der Waals surface area contributed by atoms with Gasteiger partial charge in [0.05, 0.1) is 0 Å². The van der Waals surface area contributed by atoms with Crippen LogP contribution in [0.25, 0.3) is 0 Å². The van der Waals surface area contributed by atoms with Crippen molar-refractivity contribution in [1.29, 1.82) is 0 Å². The van der Waals surface area contributed by atoms with Crippen molar-refractivity contribution >= 4 is 29.4 Å². The minimum atomic E-state index is 0.143.